The number of aryl methyl sites for hydroxylation is 1. The fraction of sp³-hybridized carbons (Fsp3) is 0.533. The van der Waals surface area contributed by atoms with Gasteiger partial charge in [-0.2, -0.15) is 0 Å². The lowest BCUT2D eigenvalue weighted by Crippen LogP contribution is -2.40. The van der Waals surface area contributed by atoms with Gasteiger partial charge in [-0.15, -0.1) is 0 Å². The highest BCUT2D eigenvalue weighted by atomic mass is 16.5. The van der Waals surface area contributed by atoms with Crippen LogP contribution in [-0.4, -0.2) is 11.9 Å². The molecule has 0 radical (unpaired) electrons. The van der Waals surface area contributed by atoms with Crippen LogP contribution in [-0.2, 0) is 4.79 Å². The zero-order valence-corrected chi connectivity index (χ0v) is 10.8. The number of aldehydes is 1. The molecule has 1 aromatic carbocycles. The van der Waals surface area contributed by atoms with E-state index in [1.807, 2.05) is 19.1 Å². The second kappa shape index (κ2) is 4.52. The summed E-state index contributed by atoms with van der Waals surface area (Å²) in [6.07, 6.45) is 3.77. The fourth-order valence-electron chi connectivity index (χ4n) is 2.64. The summed E-state index contributed by atoms with van der Waals surface area (Å²) in [5.41, 5.74) is 2.07. The van der Waals surface area contributed by atoms with Gasteiger partial charge in [-0.3, -0.25) is 0 Å². The minimum absolute atomic E-state index is 0.0152. The lowest BCUT2D eigenvalue weighted by atomic mass is 9.80. The quantitative estimate of drug-likeness (QED) is 0.744. The van der Waals surface area contributed by atoms with E-state index in [0.29, 0.717) is 0 Å². The third kappa shape index (κ3) is 2.08. The number of ether oxygens (including phenoxy) is 1. The standard InChI is InChI=1S/C15H20O2/c1-4-15(5-2)9-12(10-16)13-8-11(3)6-7-14(13)17-15/h6-8,10,12H,4-5,9H2,1-3H3. The van der Waals surface area contributed by atoms with E-state index in [1.54, 1.807) is 0 Å². The molecule has 0 saturated carbocycles. The highest BCUT2D eigenvalue weighted by Crippen LogP contribution is 2.43. The summed E-state index contributed by atoms with van der Waals surface area (Å²) in [5, 5.41) is 0. The second-order valence-electron chi connectivity index (χ2n) is 4.98. The van der Waals surface area contributed by atoms with Crippen molar-refractivity contribution >= 4 is 6.29 Å². The maximum atomic E-state index is 11.3. The molecule has 2 heteroatoms. The molecule has 1 atom stereocenters. The van der Waals surface area contributed by atoms with Gasteiger partial charge in [0.25, 0.3) is 0 Å². The summed E-state index contributed by atoms with van der Waals surface area (Å²) in [6, 6.07) is 6.12. The molecule has 2 nitrogen and oxygen atoms in total. The van der Waals surface area contributed by atoms with Gasteiger partial charge < -0.3 is 9.53 Å². The normalized spacial score (nSPS) is 21.5. The van der Waals surface area contributed by atoms with E-state index in [9.17, 15) is 4.79 Å². The molecule has 1 unspecified atom stereocenters. The molecule has 0 amide bonds. The molecule has 1 heterocycles. The van der Waals surface area contributed by atoms with Gasteiger partial charge in [-0.05, 0) is 25.8 Å². The van der Waals surface area contributed by atoms with E-state index in [2.05, 4.69) is 19.9 Å². The predicted octanol–water partition coefficient (Wildman–Crippen LogP) is 3.62. The third-order valence-corrected chi connectivity index (χ3v) is 3.94. The molecule has 1 aromatic rings. The van der Waals surface area contributed by atoms with Crippen LogP contribution >= 0.6 is 0 Å². The van der Waals surface area contributed by atoms with Gasteiger partial charge in [0.2, 0.25) is 0 Å². The van der Waals surface area contributed by atoms with E-state index in [-0.39, 0.29) is 11.5 Å². The van der Waals surface area contributed by atoms with Gasteiger partial charge in [-0.1, -0.05) is 31.5 Å². The molecular formula is C15H20O2. The highest BCUT2D eigenvalue weighted by molar-refractivity contribution is 5.66. The molecule has 0 spiro atoms. The maximum absolute atomic E-state index is 11.3. The number of rotatable bonds is 3. The molecule has 0 fully saturated rings. The van der Waals surface area contributed by atoms with E-state index >= 15 is 0 Å². The zero-order chi connectivity index (χ0) is 12.5. The first-order valence-electron chi connectivity index (χ1n) is 6.39. The summed E-state index contributed by atoms with van der Waals surface area (Å²) in [7, 11) is 0. The zero-order valence-electron chi connectivity index (χ0n) is 10.8. The van der Waals surface area contributed by atoms with Gasteiger partial charge in [0.05, 0.1) is 0 Å². The fourth-order valence-corrected chi connectivity index (χ4v) is 2.64. The number of fused-ring (bicyclic) bond motifs is 1. The van der Waals surface area contributed by atoms with Gasteiger partial charge in [0.15, 0.2) is 0 Å². The van der Waals surface area contributed by atoms with Crippen molar-refractivity contribution in [2.24, 2.45) is 0 Å². The van der Waals surface area contributed by atoms with Crippen molar-refractivity contribution < 1.29 is 9.53 Å². The summed E-state index contributed by atoms with van der Waals surface area (Å²) < 4.78 is 6.15. The van der Waals surface area contributed by atoms with Crippen molar-refractivity contribution in [2.45, 2.75) is 51.6 Å². The van der Waals surface area contributed by atoms with Crippen molar-refractivity contribution in [1.29, 1.82) is 0 Å². The van der Waals surface area contributed by atoms with Crippen LogP contribution in [0.25, 0.3) is 0 Å². The molecule has 0 bridgehead atoms. The monoisotopic (exact) mass is 232 g/mol. The molecule has 17 heavy (non-hydrogen) atoms. The molecule has 2 rings (SSSR count). The summed E-state index contributed by atoms with van der Waals surface area (Å²) in [4.78, 5) is 11.3. The van der Waals surface area contributed by atoms with E-state index < -0.39 is 0 Å². The van der Waals surface area contributed by atoms with Crippen molar-refractivity contribution in [2.75, 3.05) is 0 Å². The average Bonchev–Trinajstić information content (AvgIpc) is 2.37. The minimum Gasteiger partial charge on any atom is -0.487 e. The van der Waals surface area contributed by atoms with Crippen molar-refractivity contribution in [1.82, 2.24) is 0 Å². The Morgan fingerprint density at radius 2 is 2.12 bits per heavy atom. The van der Waals surface area contributed by atoms with Crippen LogP contribution in [0.3, 0.4) is 0 Å². The van der Waals surface area contributed by atoms with Crippen LogP contribution in [0.5, 0.6) is 5.75 Å². The molecule has 0 aliphatic carbocycles. The van der Waals surface area contributed by atoms with Gasteiger partial charge >= 0.3 is 0 Å². The second-order valence-corrected chi connectivity index (χ2v) is 4.98. The summed E-state index contributed by atoms with van der Waals surface area (Å²) >= 11 is 0. The predicted molar refractivity (Wildman–Crippen MR) is 68.5 cm³/mol. The first-order chi connectivity index (χ1) is 8.14. The lowest BCUT2D eigenvalue weighted by molar-refractivity contribution is -0.111. The number of hydrogen-bond acceptors (Lipinski definition) is 2. The average molecular weight is 232 g/mol. The SMILES string of the molecule is CCC1(CC)CC(C=O)c2cc(C)ccc2O1. The Bertz CT molecular complexity index is 419. The molecule has 1 aliphatic rings. The Morgan fingerprint density at radius 1 is 1.41 bits per heavy atom. The number of carbonyl (C=O) groups excluding carboxylic acids is 1. The van der Waals surface area contributed by atoms with Crippen LogP contribution in [0.2, 0.25) is 0 Å². The number of benzene rings is 1. The van der Waals surface area contributed by atoms with Gasteiger partial charge in [-0.25, -0.2) is 0 Å². The molecular weight excluding hydrogens is 212 g/mol. The van der Waals surface area contributed by atoms with E-state index in [0.717, 1.165) is 36.9 Å². The Kier molecular flexibility index (Phi) is 3.23. The molecule has 92 valence electrons. The topological polar surface area (TPSA) is 26.3 Å². The van der Waals surface area contributed by atoms with Crippen molar-refractivity contribution in [3.8, 4) is 5.75 Å². The Hall–Kier alpha value is -1.31. The van der Waals surface area contributed by atoms with Crippen LogP contribution in [0.15, 0.2) is 18.2 Å². The Labute approximate surface area is 103 Å². The van der Waals surface area contributed by atoms with Crippen molar-refractivity contribution in [3.63, 3.8) is 0 Å². The number of hydrogen-bond donors (Lipinski definition) is 0. The first-order valence-corrected chi connectivity index (χ1v) is 6.39. The Morgan fingerprint density at radius 3 is 2.71 bits per heavy atom. The third-order valence-electron chi connectivity index (χ3n) is 3.94. The maximum Gasteiger partial charge on any atom is 0.127 e. The first kappa shape index (κ1) is 12.2. The van der Waals surface area contributed by atoms with E-state index in [1.165, 1.54) is 5.56 Å². The van der Waals surface area contributed by atoms with Gasteiger partial charge in [0, 0.05) is 17.9 Å². The molecule has 0 saturated heterocycles. The molecule has 1 aliphatic heterocycles. The van der Waals surface area contributed by atoms with Crippen LogP contribution in [0.1, 0.15) is 50.2 Å². The van der Waals surface area contributed by atoms with Crippen LogP contribution in [0.4, 0.5) is 0 Å². The largest absolute Gasteiger partial charge is 0.487 e. The van der Waals surface area contributed by atoms with Crippen LogP contribution < -0.4 is 4.74 Å². The van der Waals surface area contributed by atoms with Crippen LogP contribution in [0, 0.1) is 6.92 Å². The molecule has 0 aromatic heterocycles. The van der Waals surface area contributed by atoms with E-state index in [4.69, 9.17) is 4.74 Å². The lowest BCUT2D eigenvalue weighted by Gasteiger charge is -2.40. The smallest absolute Gasteiger partial charge is 0.127 e. The summed E-state index contributed by atoms with van der Waals surface area (Å²) in [6.45, 7) is 6.30. The molecule has 0 N–H and O–H groups in total. The van der Waals surface area contributed by atoms with Crippen molar-refractivity contribution in [3.05, 3.63) is 29.3 Å². The highest BCUT2D eigenvalue weighted by Gasteiger charge is 2.38. The summed E-state index contributed by atoms with van der Waals surface area (Å²) in [5.74, 6) is 0.876. The minimum atomic E-state index is -0.159. The number of carbonyl (C=O) groups is 1. The van der Waals surface area contributed by atoms with Gasteiger partial charge in [0.1, 0.15) is 17.6 Å². The Balaban J connectivity index is 2.45.